The SMILES string of the molecule is CC(C)(CNc1ccc(-c2ccc(C#N)cc2)cn1)NCC(=O)N1CCCC1C#N. The molecule has 2 aromatic rings. The van der Waals surface area contributed by atoms with E-state index in [4.69, 9.17) is 10.5 Å². The van der Waals surface area contributed by atoms with E-state index in [-0.39, 0.29) is 24.0 Å². The Morgan fingerprint density at radius 3 is 2.57 bits per heavy atom. The molecule has 1 atom stereocenters. The van der Waals surface area contributed by atoms with Gasteiger partial charge in [0.1, 0.15) is 11.9 Å². The molecule has 1 aliphatic rings. The lowest BCUT2D eigenvalue weighted by molar-refractivity contribution is -0.130. The molecule has 1 saturated heterocycles. The van der Waals surface area contributed by atoms with E-state index >= 15 is 0 Å². The third kappa shape index (κ3) is 5.34. The third-order valence-corrected chi connectivity index (χ3v) is 5.26. The number of pyridine rings is 1. The first kappa shape index (κ1) is 21.3. The topological polar surface area (TPSA) is 105 Å². The van der Waals surface area contributed by atoms with Crippen LogP contribution in [0.25, 0.3) is 11.1 Å². The van der Waals surface area contributed by atoms with E-state index in [9.17, 15) is 4.79 Å². The molecule has 7 heteroatoms. The Kier molecular flexibility index (Phi) is 6.66. The van der Waals surface area contributed by atoms with Crippen LogP contribution in [0.4, 0.5) is 5.82 Å². The lowest BCUT2D eigenvalue weighted by Crippen LogP contribution is -2.50. The first-order chi connectivity index (χ1) is 14.4. The highest BCUT2D eigenvalue weighted by Gasteiger charge is 2.29. The average molecular weight is 403 g/mol. The van der Waals surface area contributed by atoms with Gasteiger partial charge in [-0.2, -0.15) is 10.5 Å². The van der Waals surface area contributed by atoms with Crippen LogP contribution in [0.5, 0.6) is 0 Å². The minimum Gasteiger partial charge on any atom is -0.368 e. The summed E-state index contributed by atoms with van der Waals surface area (Å²) in [6.45, 7) is 5.49. The first-order valence-electron chi connectivity index (χ1n) is 10.1. The molecule has 1 amide bonds. The van der Waals surface area contributed by atoms with Crippen molar-refractivity contribution >= 4 is 11.7 Å². The second-order valence-electron chi connectivity index (χ2n) is 8.09. The van der Waals surface area contributed by atoms with Gasteiger partial charge in [-0.1, -0.05) is 12.1 Å². The number of nitrogens with zero attached hydrogens (tertiary/aromatic N) is 4. The molecule has 0 spiro atoms. The van der Waals surface area contributed by atoms with Crippen LogP contribution >= 0.6 is 0 Å². The van der Waals surface area contributed by atoms with Gasteiger partial charge in [-0.05, 0) is 56.5 Å². The minimum atomic E-state index is -0.328. The van der Waals surface area contributed by atoms with E-state index in [1.165, 1.54) is 0 Å². The van der Waals surface area contributed by atoms with Gasteiger partial charge in [-0.15, -0.1) is 0 Å². The normalized spacial score (nSPS) is 16.0. The summed E-state index contributed by atoms with van der Waals surface area (Å²) in [7, 11) is 0. The molecule has 1 aromatic carbocycles. The van der Waals surface area contributed by atoms with Gasteiger partial charge >= 0.3 is 0 Å². The van der Waals surface area contributed by atoms with Crippen LogP contribution in [0.1, 0.15) is 32.3 Å². The largest absolute Gasteiger partial charge is 0.368 e. The maximum Gasteiger partial charge on any atom is 0.237 e. The summed E-state index contributed by atoms with van der Waals surface area (Å²) in [4.78, 5) is 18.5. The van der Waals surface area contributed by atoms with Crippen LogP contribution in [0, 0.1) is 22.7 Å². The highest BCUT2D eigenvalue weighted by atomic mass is 16.2. The lowest BCUT2D eigenvalue weighted by atomic mass is 10.1. The molecule has 0 radical (unpaired) electrons. The molecule has 0 aliphatic carbocycles. The number of anilines is 1. The Bertz CT molecular complexity index is 953. The van der Waals surface area contributed by atoms with Gasteiger partial charge in [0.2, 0.25) is 5.91 Å². The van der Waals surface area contributed by atoms with Crippen molar-refractivity contribution in [3.8, 4) is 23.3 Å². The minimum absolute atomic E-state index is 0.0305. The molecule has 2 N–H and O–H groups in total. The zero-order valence-electron chi connectivity index (χ0n) is 17.4. The summed E-state index contributed by atoms with van der Waals surface area (Å²) in [6, 6.07) is 15.3. The highest BCUT2D eigenvalue weighted by Crippen LogP contribution is 2.20. The number of nitrogens with one attached hydrogen (secondary N) is 2. The summed E-state index contributed by atoms with van der Waals surface area (Å²) < 4.78 is 0. The van der Waals surface area contributed by atoms with E-state index in [0.29, 0.717) is 18.7 Å². The van der Waals surface area contributed by atoms with E-state index in [1.54, 1.807) is 23.2 Å². The van der Waals surface area contributed by atoms with Gasteiger partial charge < -0.3 is 15.5 Å². The Balaban J connectivity index is 1.50. The maximum absolute atomic E-state index is 12.4. The number of aromatic nitrogens is 1. The number of rotatable bonds is 7. The van der Waals surface area contributed by atoms with Crippen LogP contribution in [-0.2, 0) is 4.79 Å². The molecule has 154 valence electrons. The smallest absolute Gasteiger partial charge is 0.237 e. The van der Waals surface area contributed by atoms with Crippen LogP contribution in [0.2, 0.25) is 0 Å². The zero-order chi connectivity index (χ0) is 21.6. The molecule has 0 bridgehead atoms. The number of carbonyl (C=O) groups is 1. The number of amides is 1. The summed E-state index contributed by atoms with van der Waals surface area (Å²) in [5.41, 5.74) is 2.29. The van der Waals surface area contributed by atoms with Gasteiger partial charge in [0, 0.05) is 30.4 Å². The van der Waals surface area contributed by atoms with Crippen LogP contribution in [0.3, 0.4) is 0 Å². The first-order valence-corrected chi connectivity index (χ1v) is 10.1. The van der Waals surface area contributed by atoms with Crippen molar-refractivity contribution in [1.29, 1.82) is 10.5 Å². The number of hydrogen-bond acceptors (Lipinski definition) is 6. The summed E-state index contributed by atoms with van der Waals surface area (Å²) in [5.74, 6) is 0.717. The Hall–Kier alpha value is -3.42. The van der Waals surface area contributed by atoms with E-state index in [0.717, 1.165) is 29.8 Å². The molecular formula is C23H26N6O. The predicted molar refractivity (Wildman–Crippen MR) is 115 cm³/mol. The van der Waals surface area contributed by atoms with E-state index in [2.05, 4.69) is 27.8 Å². The molecule has 7 nitrogen and oxygen atoms in total. The second-order valence-corrected chi connectivity index (χ2v) is 8.09. The van der Waals surface area contributed by atoms with Crippen molar-refractivity contribution in [2.75, 3.05) is 25.0 Å². The van der Waals surface area contributed by atoms with Crippen LogP contribution in [-0.4, -0.2) is 47.0 Å². The summed E-state index contributed by atoms with van der Waals surface area (Å²) in [6.07, 6.45) is 3.44. The molecule has 0 saturated carbocycles. The molecular weight excluding hydrogens is 376 g/mol. The Labute approximate surface area is 177 Å². The van der Waals surface area contributed by atoms with Gasteiger partial charge in [0.25, 0.3) is 0 Å². The van der Waals surface area contributed by atoms with Gasteiger partial charge in [0.15, 0.2) is 0 Å². The van der Waals surface area contributed by atoms with Crippen molar-refractivity contribution in [3.05, 3.63) is 48.2 Å². The summed E-state index contributed by atoms with van der Waals surface area (Å²) >= 11 is 0. The second kappa shape index (κ2) is 9.39. The van der Waals surface area contributed by atoms with Gasteiger partial charge in [0.05, 0.1) is 24.2 Å². The van der Waals surface area contributed by atoms with E-state index < -0.39 is 0 Å². The summed E-state index contributed by atoms with van der Waals surface area (Å²) in [5, 5.41) is 24.6. The molecule has 1 aliphatic heterocycles. The Morgan fingerprint density at radius 2 is 1.93 bits per heavy atom. The maximum atomic E-state index is 12.4. The van der Waals surface area contributed by atoms with Crippen LogP contribution in [0.15, 0.2) is 42.6 Å². The van der Waals surface area contributed by atoms with Crippen molar-refractivity contribution in [2.24, 2.45) is 0 Å². The fourth-order valence-corrected chi connectivity index (χ4v) is 3.40. The monoisotopic (exact) mass is 402 g/mol. The quantitative estimate of drug-likeness (QED) is 0.738. The standard InChI is InChI=1S/C23H26N6O/c1-23(2,28-15-22(30)29-11-3-4-20(29)13-25)16-27-21-10-9-19(14-26-21)18-7-5-17(12-24)6-8-18/h5-10,14,20,28H,3-4,11,15-16H2,1-2H3,(H,26,27). The number of likely N-dealkylation sites (tertiary alicyclic amines) is 1. The Morgan fingerprint density at radius 1 is 1.20 bits per heavy atom. The zero-order valence-corrected chi connectivity index (χ0v) is 17.4. The number of hydrogen-bond donors (Lipinski definition) is 2. The fraction of sp³-hybridized carbons (Fsp3) is 0.391. The van der Waals surface area contributed by atoms with Gasteiger partial charge in [-0.3, -0.25) is 4.79 Å². The van der Waals surface area contributed by atoms with E-state index in [1.807, 2.05) is 38.1 Å². The molecule has 2 heterocycles. The van der Waals surface area contributed by atoms with Crippen molar-refractivity contribution in [3.63, 3.8) is 0 Å². The van der Waals surface area contributed by atoms with Crippen LogP contribution < -0.4 is 10.6 Å². The number of carbonyl (C=O) groups excluding carboxylic acids is 1. The fourth-order valence-electron chi connectivity index (χ4n) is 3.40. The molecule has 30 heavy (non-hydrogen) atoms. The molecule has 1 aromatic heterocycles. The third-order valence-electron chi connectivity index (χ3n) is 5.26. The molecule has 3 rings (SSSR count). The highest BCUT2D eigenvalue weighted by molar-refractivity contribution is 5.79. The number of benzene rings is 1. The predicted octanol–water partition coefficient (Wildman–Crippen LogP) is 2.91. The van der Waals surface area contributed by atoms with Crippen molar-refractivity contribution in [1.82, 2.24) is 15.2 Å². The lowest BCUT2D eigenvalue weighted by Gasteiger charge is -2.28. The average Bonchev–Trinajstić information content (AvgIpc) is 3.26. The van der Waals surface area contributed by atoms with Crippen molar-refractivity contribution < 1.29 is 4.79 Å². The van der Waals surface area contributed by atoms with Gasteiger partial charge in [-0.25, -0.2) is 4.98 Å². The molecule has 1 fully saturated rings. The number of nitriles is 2. The molecule has 1 unspecified atom stereocenters. The van der Waals surface area contributed by atoms with Crippen molar-refractivity contribution in [2.45, 2.75) is 38.3 Å².